The van der Waals surface area contributed by atoms with Crippen LogP contribution >= 0.6 is 0 Å². The number of carbonyl (C=O) groups excluding carboxylic acids is 2. The Kier molecular flexibility index (Phi) is 3.85. The van der Waals surface area contributed by atoms with Gasteiger partial charge in [0.05, 0.1) is 12.5 Å². The van der Waals surface area contributed by atoms with Crippen LogP contribution in [0.25, 0.3) is 0 Å². The summed E-state index contributed by atoms with van der Waals surface area (Å²) in [6.07, 6.45) is 5.07. The molecule has 0 aromatic heterocycles. The molecule has 0 spiro atoms. The number of hydrogen-bond donors (Lipinski definition) is 0. The summed E-state index contributed by atoms with van der Waals surface area (Å²) in [6.45, 7) is 3.95. The van der Waals surface area contributed by atoms with Crippen LogP contribution in [0.1, 0.15) is 39.0 Å². The first-order valence-corrected chi connectivity index (χ1v) is 7.79. The van der Waals surface area contributed by atoms with Crippen molar-refractivity contribution >= 4 is 12.1 Å². The molecule has 0 bridgehead atoms. The van der Waals surface area contributed by atoms with E-state index in [1.807, 2.05) is 6.92 Å². The van der Waals surface area contributed by atoms with E-state index in [2.05, 4.69) is 0 Å². The number of fused-ring (bicyclic) bond motifs is 1. The number of carbonyl (C=O) groups is 2. The fourth-order valence-electron chi connectivity index (χ4n) is 3.52. The van der Waals surface area contributed by atoms with Gasteiger partial charge in [0, 0.05) is 24.9 Å². The first-order valence-electron chi connectivity index (χ1n) is 7.79. The summed E-state index contributed by atoms with van der Waals surface area (Å²) in [7, 11) is 0. The number of esters is 1. The molecule has 5 nitrogen and oxygen atoms in total. The number of ether oxygens (including phenoxy) is 2. The van der Waals surface area contributed by atoms with E-state index in [1.54, 1.807) is 4.90 Å². The zero-order chi connectivity index (χ0) is 14.1. The van der Waals surface area contributed by atoms with Crippen molar-refractivity contribution in [3.63, 3.8) is 0 Å². The van der Waals surface area contributed by atoms with Gasteiger partial charge in [0.15, 0.2) is 0 Å². The number of rotatable bonds is 3. The molecule has 4 unspecified atom stereocenters. The van der Waals surface area contributed by atoms with Gasteiger partial charge in [0.2, 0.25) is 0 Å². The van der Waals surface area contributed by atoms with Gasteiger partial charge in [0.25, 0.3) is 0 Å². The Morgan fingerprint density at radius 2 is 2.10 bits per heavy atom. The summed E-state index contributed by atoms with van der Waals surface area (Å²) in [5.41, 5.74) is 0. The lowest BCUT2D eigenvalue weighted by Gasteiger charge is -2.32. The van der Waals surface area contributed by atoms with Crippen LogP contribution in [0.5, 0.6) is 0 Å². The highest BCUT2D eigenvalue weighted by Gasteiger charge is 2.52. The average molecular weight is 281 g/mol. The Labute approximate surface area is 119 Å². The lowest BCUT2D eigenvalue weighted by molar-refractivity contribution is -0.146. The van der Waals surface area contributed by atoms with Crippen LogP contribution in [0.2, 0.25) is 0 Å². The second-order valence-electron chi connectivity index (χ2n) is 6.35. The largest absolute Gasteiger partial charge is 0.461 e. The predicted molar refractivity (Wildman–Crippen MR) is 72.0 cm³/mol. The molecule has 3 rings (SSSR count). The zero-order valence-electron chi connectivity index (χ0n) is 12.0. The zero-order valence-corrected chi connectivity index (χ0v) is 12.0. The second-order valence-corrected chi connectivity index (χ2v) is 6.35. The van der Waals surface area contributed by atoms with Crippen LogP contribution in [0.3, 0.4) is 0 Å². The fraction of sp³-hybridized carbons (Fsp3) is 0.867. The Balaban J connectivity index is 1.46. The average Bonchev–Trinajstić information content (AvgIpc) is 2.65. The first-order chi connectivity index (χ1) is 9.66. The SMILES string of the molecule is CC(COC(=O)N1CCCCC1)C1OC(=O)C2CCC21. The number of amides is 1. The van der Waals surface area contributed by atoms with Crippen LogP contribution in [0.15, 0.2) is 0 Å². The van der Waals surface area contributed by atoms with Gasteiger partial charge in [-0.2, -0.15) is 0 Å². The predicted octanol–water partition coefficient (Wildman–Crippen LogP) is 2.20. The quantitative estimate of drug-likeness (QED) is 0.744. The second kappa shape index (κ2) is 5.62. The molecule has 3 aliphatic rings. The topological polar surface area (TPSA) is 55.8 Å². The van der Waals surface area contributed by atoms with Crippen LogP contribution in [-0.2, 0) is 14.3 Å². The molecule has 0 radical (unpaired) electrons. The van der Waals surface area contributed by atoms with Crippen LogP contribution in [0.4, 0.5) is 4.79 Å². The maximum absolute atomic E-state index is 11.9. The van der Waals surface area contributed by atoms with Gasteiger partial charge < -0.3 is 14.4 Å². The molecule has 0 aromatic rings. The standard InChI is InChI=1S/C15H23NO4/c1-10(13-11-5-6-12(11)14(17)20-13)9-19-15(18)16-7-3-2-4-8-16/h10-13H,2-9H2,1H3. The molecule has 0 N–H and O–H groups in total. The highest BCUT2D eigenvalue weighted by molar-refractivity contribution is 5.76. The molecule has 2 heterocycles. The van der Waals surface area contributed by atoms with Crippen LogP contribution in [0, 0.1) is 17.8 Å². The Morgan fingerprint density at radius 3 is 2.70 bits per heavy atom. The van der Waals surface area contributed by atoms with Crippen molar-refractivity contribution in [2.45, 2.75) is 45.1 Å². The number of nitrogens with zero attached hydrogens (tertiary/aromatic N) is 1. The van der Waals surface area contributed by atoms with Crippen molar-refractivity contribution < 1.29 is 19.1 Å². The first kappa shape index (κ1) is 13.7. The minimum Gasteiger partial charge on any atom is -0.461 e. The molecule has 2 saturated heterocycles. The summed E-state index contributed by atoms with van der Waals surface area (Å²) < 4.78 is 10.8. The van der Waals surface area contributed by atoms with Crippen LogP contribution in [-0.4, -0.2) is 42.8 Å². The summed E-state index contributed by atoms with van der Waals surface area (Å²) >= 11 is 0. The van der Waals surface area contributed by atoms with Crippen molar-refractivity contribution in [2.75, 3.05) is 19.7 Å². The van der Waals surface area contributed by atoms with E-state index >= 15 is 0 Å². The molecule has 1 aliphatic carbocycles. The minimum atomic E-state index is -0.217. The fourth-order valence-corrected chi connectivity index (χ4v) is 3.52. The number of likely N-dealkylation sites (tertiary alicyclic amines) is 1. The van der Waals surface area contributed by atoms with Gasteiger partial charge in [-0.05, 0) is 32.1 Å². The number of cyclic esters (lactones) is 1. The molecule has 1 amide bonds. The van der Waals surface area contributed by atoms with Crippen molar-refractivity contribution in [1.29, 1.82) is 0 Å². The van der Waals surface area contributed by atoms with Gasteiger partial charge in [0.1, 0.15) is 6.10 Å². The van der Waals surface area contributed by atoms with Crippen molar-refractivity contribution in [1.82, 2.24) is 4.90 Å². The molecule has 2 aliphatic heterocycles. The highest BCUT2D eigenvalue weighted by Crippen LogP contribution is 2.46. The minimum absolute atomic E-state index is 0.0551. The van der Waals surface area contributed by atoms with Gasteiger partial charge in [-0.15, -0.1) is 0 Å². The van der Waals surface area contributed by atoms with E-state index in [0.717, 1.165) is 38.8 Å². The smallest absolute Gasteiger partial charge is 0.409 e. The molecule has 112 valence electrons. The van der Waals surface area contributed by atoms with Crippen LogP contribution < -0.4 is 0 Å². The van der Waals surface area contributed by atoms with E-state index in [4.69, 9.17) is 9.47 Å². The maximum Gasteiger partial charge on any atom is 0.409 e. The summed E-state index contributed by atoms with van der Waals surface area (Å²) in [5, 5.41) is 0. The number of hydrogen-bond acceptors (Lipinski definition) is 4. The Bertz CT molecular complexity index is 391. The highest BCUT2D eigenvalue weighted by atomic mass is 16.6. The Hall–Kier alpha value is -1.26. The number of piperidine rings is 1. The van der Waals surface area contributed by atoms with Crippen molar-refractivity contribution in [3.05, 3.63) is 0 Å². The van der Waals surface area contributed by atoms with E-state index < -0.39 is 0 Å². The van der Waals surface area contributed by atoms with E-state index in [-0.39, 0.29) is 30.0 Å². The lowest BCUT2D eigenvalue weighted by Crippen LogP contribution is -2.39. The van der Waals surface area contributed by atoms with Gasteiger partial charge >= 0.3 is 12.1 Å². The summed E-state index contributed by atoms with van der Waals surface area (Å²) in [5.74, 6) is 0.495. The molecule has 3 fully saturated rings. The molecule has 0 aromatic carbocycles. The lowest BCUT2D eigenvalue weighted by atomic mass is 9.70. The molecule has 20 heavy (non-hydrogen) atoms. The van der Waals surface area contributed by atoms with E-state index in [1.165, 1.54) is 6.42 Å². The van der Waals surface area contributed by atoms with Gasteiger partial charge in [-0.1, -0.05) is 6.92 Å². The molecule has 1 saturated carbocycles. The van der Waals surface area contributed by atoms with E-state index in [0.29, 0.717) is 12.5 Å². The van der Waals surface area contributed by atoms with Gasteiger partial charge in [-0.3, -0.25) is 4.79 Å². The van der Waals surface area contributed by atoms with Gasteiger partial charge in [-0.25, -0.2) is 4.79 Å². The third-order valence-corrected chi connectivity index (χ3v) is 4.95. The molecule has 4 atom stereocenters. The van der Waals surface area contributed by atoms with Crippen molar-refractivity contribution in [3.8, 4) is 0 Å². The summed E-state index contributed by atoms with van der Waals surface area (Å²) in [6, 6.07) is 0. The third-order valence-electron chi connectivity index (χ3n) is 4.95. The molecular formula is C15H23NO4. The maximum atomic E-state index is 11.9. The third kappa shape index (κ3) is 2.50. The molecular weight excluding hydrogens is 258 g/mol. The normalized spacial score (nSPS) is 34.0. The van der Waals surface area contributed by atoms with E-state index in [9.17, 15) is 9.59 Å². The molecule has 5 heteroatoms. The summed E-state index contributed by atoms with van der Waals surface area (Å²) in [4.78, 5) is 25.3. The Morgan fingerprint density at radius 1 is 1.35 bits per heavy atom. The monoisotopic (exact) mass is 281 g/mol. The van der Waals surface area contributed by atoms with Crippen molar-refractivity contribution in [2.24, 2.45) is 17.8 Å².